The molecule has 0 saturated heterocycles. The lowest BCUT2D eigenvalue weighted by molar-refractivity contribution is -0.113. The van der Waals surface area contributed by atoms with E-state index in [1.807, 2.05) is 44.2 Å². The summed E-state index contributed by atoms with van der Waals surface area (Å²) >= 11 is 1.27. The lowest BCUT2D eigenvalue weighted by Crippen LogP contribution is -2.25. The van der Waals surface area contributed by atoms with Crippen molar-refractivity contribution in [3.05, 3.63) is 63.9 Å². The van der Waals surface area contributed by atoms with Crippen LogP contribution in [0.2, 0.25) is 0 Å². The summed E-state index contributed by atoms with van der Waals surface area (Å²) in [6.07, 6.45) is 0.693. The van der Waals surface area contributed by atoms with E-state index in [1.165, 1.54) is 11.8 Å². The summed E-state index contributed by atoms with van der Waals surface area (Å²) in [6.45, 7) is 5.03. The molecule has 0 radical (unpaired) electrons. The SMILES string of the molecule is COCCCn1c(SCC(=O)Nc2cc(C)cc(C)c2)nc2ccccc2c1=O. The minimum absolute atomic E-state index is 0.0936. The van der Waals surface area contributed by atoms with E-state index >= 15 is 0 Å². The molecule has 3 aromatic rings. The molecule has 3 rings (SSSR count). The number of hydrogen-bond acceptors (Lipinski definition) is 5. The van der Waals surface area contributed by atoms with Gasteiger partial charge in [-0.25, -0.2) is 4.98 Å². The van der Waals surface area contributed by atoms with E-state index in [2.05, 4.69) is 16.4 Å². The third kappa shape index (κ3) is 5.46. The normalized spacial score (nSPS) is 11.0. The third-order valence-electron chi connectivity index (χ3n) is 4.39. The van der Waals surface area contributed by atoms with Crippen LogP contribution in [-0.2, 0) is 16.1 Å². The summed E-state index contributed by atoms with van der Waals surface area (Å²) in [5.41, 5.74) is 3.51. The molecular formula is C22H25N3O3S. The van der Waals surface area contributed by atoms with Gasteiger partial charge >= 0.3 is 0 Å². The molecule has 0 aliphatic rings. The highest BCUT2D eigenvalue weighted by molar-refractivity contribution is 7.99. The minimum Gasteiger partial charge on any atom is -0.385 e. The number of amides is 1. The van der Waals surface area contributed by atoms with Crippen LogP contribution in [0.1, 0.15) is 17.5 Å². The van der Waals surface area contributed by atoms with Crippen molar-refractivity contribution in [3.63, 3.8) is 0 Å². The van der Waals surface area contributed by atoms with E-state index in [4.69, 9.17) is 4.74 Å². The minimum atomic E-state index is -0.133. The molecule has 0 atom stereocenters. The molecular weight excluding hydrogens is 386 g/mol. The number of nitrogens with one attached hydrogen (secondary N) is 1. The van der Waals surface area contributed by atoms with Gasteiger partial charge in [0.1, 0.15) is 0 Å². The number of carbonyl (C=O) groups excluding carboxylic acids is 1. The Morgan fingerprint density at radius 1 is 1.17 bits per heavy atom. The Bertz CT molecular complexity index is 1060. The van der Waals surface area contributed by atoms with Gasteiger partial charge in [0.05, 0.1) is 16.7 Å². The number of rotatable bonds is 8. The number of aryl methyl sites for hydroxylation is 2. The van der Waals surface area contributed by atoms with E-state index in [1.54, 1.807) is 17.7 Å². The Balaban J connectivity index is 1.79. The Morgan fingerprint density at radius 2 is 1.90 bits per heavy atom. The molecule has 0 spiro atoms. The number of ether oxygens (including phenoxy) is 1. The first-order valence-electron chi connectivity index (χ1n) is 9.47. The average Bonchev–Trinajstić information content (AvgIpc) is 2.67. The second-order valence-corrected chi connectivity index (χ2v) is 7.87. The molecule has 1 N–H and O–H groups in total. The molecule has 0 unspecified atom stereocenters. The summed E-state index contributed by atoms with van der Waals surface area (Å²) < 4.78 is 6.74. The topological polar surface area (TPSA) is 73.2 Å². The number of hydrogen-bond donors (Lipinski definition) is 1. The molecule has 0 saturated carbocycles. The molecule has 1 heterocycles. The van der Waals surface area contributed by atoms with Crippen LogP contribution in [0.3, 0.4) is 0 Å². The first-order chi connectivity index (χ1) is 14.0. The smallest absolute Gasteiger partial charge is 0.262 e. The molecule has 6 nitrogen and oxygen atoms in total. The van der Waals surface area contributed by atoms with Gasteiger partial charge < -0.3 is 10.1 Å². The van der Waals surface area contributed by atoms with Gasteiger partial charge in [0.25, 0.3) is 5.56 Å². The lowest BCUT2D eigenvalue weighted by atomic mass is 10.1. The van der Waals surface area contributed by atoms with Gasteiger partial charge in [0.2, 0.25) is 5.91 Å². The van der Waals surface area contributed by atoms with Crippen LogP contribution < -0.4 is 10.9 Å². The van der Waals surface area contributed by atoms with E-state index in [-0.39, 0.29) is 17.2 Å². The number of methoxy groups -OCH3 is 1. The van der Waals surface area contributed by atoms with Crippen molar-refractivity contribution >= 4 is 34.3 Å². The number of anilines is 1. The standard InChI is InChI=1S/C22H25N3O3S/c1-15-11-16(2)13-17(12-15)23-20(26)14-29-22-24-19-8-5-4-7-18(19)21(27)25(22)9-6-10-28-3/h4-5,7-8,11-13H,6,9-10,14H2,1-3H3,(H,23,26). The molecule has 0 aliphatic carbocycles. The fourth-order valence-corrected chi connectivity index (χ4v) is 4.02. The van der Waals surface area contributed by atoms with Crippen LogP contribution in [0.25, 0.3) is 10.9 Å². The van der Waals surface area contributed by atoms with Crippen LogP contribution in [0, 0.1) is 13.8 Å². The molecule has 1 amide bonds. The third-order valence-corrected chi connectivity index (χ3v) is 5.37. The maximum atomic E-state index is 12.9. The fraction of sp³-hybridized carbons (Fsp3) is 0.318. The lowest BCUT2D eigenvalue weighted by Gasteiger charge is -2.13. The summed E-state index contributed by atoms with van der Waals surface area (Å²) in [7, 11) is 1.63. The first kappa shape index (κ1) is 21.1. The zero-order chi connectivity index (χ0) is 20.8. The van der Waals surface area contributed by atoms with Crippen LogP contribution >= 0.6 is 11.8 Å². The van der Waals surface area contributed by atoms with E-state index in [0.717, 1.165) is 16.8 Å². The predicted octanol–water partition coefficient (Wildman–Crippen LogP) is 3.78. The van der Waals surface area contributed by atoms with Gasteiger partial charge in [-0.05, 0) is 55.7 Å². The van der Waals surface area contributed by atoms with Crippen molar-refractivity contribution in [2.45, 2.75) is 32.0 Å². The second-order valence-electron chi connectivity index (χ2n) is 6.93. The fourth-order valence-electron chi connectivity index (χ4n) is 3.20. The van der Waals surface area contributed by atoms with Gasteiger partial charge in [-0.2, -0.15) is 0 Å². The van der Waals surface area contributed by atoms with Gasteiger partial charge in [-0.15, -0.1) is 0 Å². The van der Waals surface area contributed by atoms with Gasteiger partial charge in [0.15, 0.2) is 5.16 Å². The Hall–Kier alpha value is -2.64. The number of carbonyl (C=O) groups is 1. The van der Waals surface area contributed by atoms with Crippen LogP contribution in [0.15, 0.2) is 52.4 Å². The summed E-state index contributed by atoms with van der Waals surface area (Å²) in [6, 6.07) is 13.2. The quantitative estimate of drug-likeness (QED) is 0.347. The zero-order valence-electron chi connectivity index (χ0n) is 16.9. The van der Waals surface area contributed by atoms with Crippen LogP contribution in [0.4, 0.5) is 5.69 Å². The maximum Gasteiger partial charge on any atom is 0.262 e. The highest BCUT2D eigenvalue weighted by Gasteiger charge is 2.13. The van der Waals surface area contributed by atoms with Gasteiger partial charge in [-0.3, -0.25) is 14.2 Å². The Labute approximate surface area is 174 Å². The van der Waals surface area contributed by atoms with Crippen molar-refractivity contribution in [2.24, 2.45) is 0 Å². The average molecular weight is 412 g/mol. The molecule has 1 aromatic heterocycles. The first-order valence-corrected chi connectivity index (χ1v) is 10.5. The van der Waals surface area contributed by atoms with Crippen molar-refractivity contribution < 1.29 is 9.53 Å². The number of para-hydroxylation sites is 1. The van der Waals surface area contributed by atoms with E-state index in [0.29, 0.717) is 35.6 Å². The summed E-state index contributed by atoms with van der Waals surface area (Å²) in [4.78, 5) is 30.0. The van der Waals surface area contributed by atoms with Crippen molar-refractivity contribution in [2.75, 3.05) is 24.8 Å². The van der Waals surface area contributed by atoms with Crippen molar-refractivity contribution in [3.8, 4) is 0 Å². The molecule has 0 fully saturated rings. The van der Waals surface area contributed by atoms with Gasteiger partial charge in [0, 0.05) is 25.9 Å². The number of thioether (sulfide) groups is 1. The highest BCUT2D eigenvalue weighted by Crippen LogP contribution is 2.19. The second kappa shape index (κ2) is 9.71. The monoisotopic (exact) mass is 411 g/mol. The number of aromatic nitrogens is 2. The molecule has 152 valence electrons. The molecule has 2 aromatic carbocycles. The van der Waals surface area contributed by atoms with E-state index in [9.17, 15) is 9.59 Å². The maximum absolute atomic E-state index is 12.9. The number of benzene rings is 2. The molecule has 7 heteroatoms. The number of nitrogens with zero attached hydrogens (tertiary/aromatic N) is 2. The van der Waals surface area contributed by atoms with Crippen LogP contribution in [0.5, 0.6) is 0 Å². The van der Waals surface area contributed by atoms with Crippen LogP contribution in [-0.4, -0.2) is 34.9 Å². The van der Waals surface area contributed by atoms with Crippen molar-refractivity contribution in [1.82, 2.24) is 9.55 Å². The largest absolute Gasteiger partial charge is 0.385 e. The van der Waals surface area contributed by atoms with E-state index < -0.39 is 0 Å². The molecule has 0 bridgehead atoms. The summed E-state index contributed by atoms with van der Waals surface area (Å²) in [5, 5.41) is 4.04. The zero-order valence-corrected chi connectivity index (χ0v) is 17.7. The molecule has 0 aliphatic heterocycles. The Kier molecular flexibility index (Phi) is 7.06. The number of fused-ring (bicyclic) bond motifs is 1. The van der Waals surface area contributed by atoms with Gasteiger partial charge in [-0.1, -0.05) is 30.0 Å². The Morgan fingerprint density at radius 3 is 2.62 bits per heavy atom. The van der Waals surface area contributed by atoms with Crippen molar-refractivity contribution in [1.29, 1.82) is 0 Å². The molecule has 29 heavy (non-hydrogen) atoms. The summed E-state index contributed by atoms with van der Waals surface area (Å²) in [5.74, 6) is 0.0352. The predicted molar refractivity (Wildman–Crippen MR) is 118 cm³/mol. The highest BCUT2D eigenvalue weighted by atomic mass is 32.2.